The Kier molecular flexibility index (Phi) is 7.34. The highest BCUT2D eigenvalue weighted by atomic mass is 15.0. The van der Waals surface area contributed by atoms with Gasteiger partial charge >= 0.3 is 0 Å². The van der Waals surface area contributed by atoms with Gasteiger partial charge in [0.05, 0.1) is 0 Å². The fraction of sp³-hybridized carbons (Fsp3) is 1.00. The second-order valence-corrected chi connectivity index (χ2v) is 6.58. The van der Waals surface area contributed by atoms with E-state index in [1.54, 1.807) is 0 Å². The number of nitrogens with one attached hydrogen (secondary N) is 1. The van der Waals surface area contributed by atoms with Gasteiger partial charge < -0.3 is 11.1 Å². The Balaban J connectivity index is 3.97. The summed E-state index contributed by atoms with van der Waals surface area (Å²) in [4.78, 5) is 0. The SMILES string of the molecule is CCC(CC)(CC)NCCC(N)CC(C)(C)C. The average Bonchev–Trinajstić information content (AvgIpc) is 2.22. The van der Waals surface area contributed by atoms with Gasteiger partial charge in [-0.25, -0.2) is 0 Å². The van der Waals surface area contributed by atoms with Crippen molar-refractivity contribution in [1.29, 1.82) is 0 Å². The van der Waals surface area contributed by atoms with Crippen LogP contribution in [0.4, 0.5) is 0 Å². The highest BCUT2D eigenvalue weighted by molar-refractivity contribution is 4.84. The summed E-state index contributed by atoms with van der Waals surface area (Å²) in [5.41, 5.74) is 6.85. The van der Waals surface area contributed by atoms with Crippen molar-refractivity contribution in [3.63, 3.8) is 0 Å². The van der Waals surface area contributed by atoms with Crippen molar-refractivity contribution >= 4 is 0 Å². The molecule has 0 spiro atoms. The van der Waals surface area contributed by atoms with E-state index >= 15 is 0 Å². The summed E-state index contributed by atoms with van der Waals surface area (Å²) < 4.78 is 0. The van der Waals surface area contributed by atoms with Gasteiger partial charge in [0, 0.05) is 11.6 Å². The van der Waals surface area contributed by atoms with Gasteiger partial charge in [-0.15, -0.1) is 0 Å². The van der Waals surface area contributed by atoms with E-state index < -0.39 is 0 Å². The maximum atomic E-state index is 6.17. The quantitative estimate of drug-likeness (QED) is 0.681. The van der Waals surface area contributed by atoms with Crippen LogP contribution in [0.5, 0.6) is 0 Å². The topological polar surface area (TPSA) is 38.0 Å². The van der Waals surface area contributed by atoms with Crippen molar-refractivity contribution < 1.29 is 0 Å². The molecule has 0 bridgehead atoms. The van der Waals surface area contributed by atoms with E-state index in [1.807, 2.05) is 0 Å². The number of hydrogen-bond donors (Lipinski definition) is 2. The summed E-state index contributed by atoms with van der Waals surface area (Å²) in [6.45, 7) is 14.6. The molecule has 0 rings (SSSR count). The van der Waals surface area contributed by atoms with Crippen LogP contribution in [0.15, 0.2) is 0 Å². The van der Waals surface area contributed by atoms with Crippen LogP contribution in [-0.2, 0) is 0 Å². The zero-order chi connectivity index (χ0) is 13.5. The predicted octanol–water partition coefficient (Wildman–Crippen LogP) is 3.70. The molecule has 0 aliphatic carbocycles. The first kappa shape index (κ1) is 16.9. The summed E-state index contributed by atoms with van der Waals surface area (Å²) in [7, 11) is 0. The van der Waals surface area contributed by atoms with Crippen molar-refractivity contribution in [2.24, 2.45) is 11.1 Å². The molecule has 0 radical (unpaired) electrons. The molecule has 0 aliphatic rings. The Morgan fingerprint density at radius 1 is 1.00 bits per heavy atom. The fourth-order valence-corrected chi connectivity index (χ4v) is 2.54. The van der Waals surface area contributed by atoms with Gasteiger partial charge in [-0.3, -0.25) is 0 Å². The summed E-state index contributed by atoms with van der Waals surface area (Å²) >= 11 is 0. The largest absolute Gasteiger partial charge is 0.328 e. The minimum absolute atomic E-state index is 0.325. The highest BCUT2D eigenvalue weighted by Gasteiger charge is 2.23. The zero-order valence-electron chi connectivity index (χ0n) is 12.9. The van der Waals surface area contributed by atoms with Crippen LogP contribution in [0.25, 0.3) is 0 Å². The number of nitrogens with two attached hydrogens (primary N) is 1. The molecule has 0 aliphatic heterocycles. The number of hydrogen-bond acceptors (Lipinski definition) is 2. The Morgan fingerprint density at radius 2 is 1.47 bits per heavy atom. The number of rotatable bonds is 8. The first-order valence-corrected chi connectivity index (χ1v) is 7.29. The van der Waals surface area contributed by atoms with E-state index in [2.05, 4.69) is 46.9 Å². The lowest BCUT2D eigenvalue weighted by Gasteiger charge is -2.33. The normalized spacial score (nSPS) is 15.0. The lowest BCUT2D eigenvalue weighted by Crippen LogP contribution is -2.45. The lowest BCUT2D eigenvalue weighted by atomic mass is 9.86. The summed E-state index contributed by atoms with van der Waals surface area (Å²) in [6, 6.07) is 0.325. The van der Waals surface area contributed by atoms with E-state index in [0.29, 0.717) is 17.0 Å². The van der Waals surface area contributed by atoms with E-state index in [9.17, 15) is 0 Å². The van der Waals surface area contributed by atoms with Crippen LogP contribution in [0.1, 0.15) is 73.6 Å². The molecule has 0 saturated carbocycles. The Morgan fingerprint density at radius 3 is 1.82 bits per heavy atom. The van der Waals surface area contributed by atoms with Crippen LogP contribution in [0, 0.1) is 5.41 Å². The van der Waals surface area contributed by atoms with E-state index in [0.717, 1.165) is 19.4 Å². The smallest absolute Gasteiger partial charge is 0.0173 e. The first-order valence-electron chi connectivity index (χ1n) is 7.29. The average molecular weight is 242 g/mol. The maximum Gasteiger partial charge on any atom is 0.0173 e. The molecule has 3 N–H and O–H groups in total. The molecular weight excluding hydrogens is 208 g/mol. The van der Waals surface area contributed by atoms with Crippen LogP contribution in [0.3, 0.4) is 0 Å². The second-order valence-electron chi connectivity index (χ2n) is 6.58. The molecule has 0 aromatic heterocycles. The highest BCUT2D eigenvalue weighted by Crippen LogP contribution is 2.22. The molecule has 2 nitrogen and oxygen atoms in total. The van der Waals surface area contributed by atoms with Crippen molar-refractivity contribution in [1.82, 2.24) is 5.32 Å². The lowest BCUT2D eigenvalue weighted by molar-refractivity contribution is 0.274. The molecule has 104 valence electrons. The molecule has 1 unspecified atom stereocenters. The molecule has 2 heteroatoms. The van der Waals surface area contributed by atoms with Gasteiger partial charge in [0.25, 0.3) is 0 Å². The van der Waals surface area contributed by atoms with Crippen molar-refractivity contribution in [2.75, 3.05) is 6.54 Å². The van der Waals surface area contributed by atoms with Crippen molar-refractivity contribution in [3.05, 3.63) is 0 Å². The van der Waals surface area contributed by atoms with Crippen LogP contribution in [-0.4, -0.2) is 18.1 Å². The molecule has 0 aromatic rings. The van der Waals surface area contributed by atoms with Crippen LogP contribution < -0.4 is 11.1 Å². The van der Waals surface area contributed by atoms with Gasteiger partial charge in [0.2, 0.25) is 0 Å². The van der Waals surface area contributed by atoms with Gasteiger partial charge in [-0.2, -0.15) is 0 Å². The Hall–Kier alpha value is -0.0800. The Bertz CT molecular complexity index is 181. The van der Waals surface area contributed by atoms with E-state index in [4.69, 9.17) is 5.73 Å². The zero-order valence-corrected chi connectivity index (χ0v) is 12.9. The van der Waals surface area contributed by atoms with Gasteiger partial charge in [-0.1, -0.05) is 41.5 Å². The summed E-state index contributed by atoms with van der Waals surface area (Å²) in [6.07, 6.45) is 5.79. The molecular formula is C15H34N2. The third kappa shape index (κ3) is 7.05. The van der Waals surface area contributed by atoms with E-state index in [1.165, 1.54) is 19.3 Å². The summed E-state index contributed by atoms with van der Waals surface area (Å²) in [5.74, 6) is 0. The summed E-state index contributed by atoms with van der Waals surface area (Å²) in [5, 5.41) is 3.72. The van der Waals surface area contributed by atoms with Gasteiger partial charge in [0.15, 0.2) is 0 Å². The molecule has 0 amide bonds. The Labute approximate surface area is 109 Å². The third-order valence-corrected chi connectivity index (χ3v) is 3.92. The molecule has 0 heterocycles. The molecule has 1 atom stereocenters. The standard InChI is InChI=1S/C15H34N2/c1-7-15(8-2,9-3)17-11-10-13(16)12-14(4,5)6/h13,17H,7-12,16H2,1-6H3. The third-order valence-electron chi connectivity index (χ3n) is 3.92. The fourth-order valence-electron chi connectivity index (χ4n) is 2.54. The molecule has 17 heavy (non-hydrogen) atoms. The monoisotopic (exact) mass is 242 g/mol. The van der Waals surface area contributed by atoms with Gasteiger partial charge in [0.1, 0.15) is 0 Å². The molecule has 0 fully saturated rings. The van der Waals surface area contributed by atoms with Gasteiger partial charge in [-0.05, 0) is 44.1 Å². The minimum atomic E-state index is 0.325. The first-order chi connectivity index (χ1) is 7.78. The maximum absolute atomic E-state index is 6.17. The predicted molar refractivity (Wildman–Crippen MR) is 78.3 cm³/mol. The minimum Gasteiger partial charge on any atom is -0.328 e. The van der Waals surface area contributed by atoms with Crippen LogP contribution >= 0.6 is 0 Å². The van der Waals surface area contributed by atoms with Crippen molar-refractivity contribution in [3.8, 4) is 0 Å². The second kappa shape index (κ2) is 7.38. The van der Waals surface area contributed by atoms with Crippen LogP contribution in [0.2, 0.25) is 0 Å². The van der Waals surface area contributed by atoms with Crippen molar-refractivity contribution in [2.45, 2.75) is 85.2 Å². The van der Waals surface area contributed by atoms with E-state index in [-0.39, 0.29) is 0 Å². The molecule has 0 aromatic carbocycles. The molecule has 0 saturated heterocycles.